The maximum atomic E-state index is 12.1. The minimum absolute atomic E-state index is 0.0945. The smallest absolute Gasteiger partial charge is 0.251 e. The number of likely N-dealkylation sites (N-methyl/N-ethyl adjacent to an activating group) is 1. The van der Waals surface area contributed by atoms with Crippen LogP contribution >= 0.6 is 0 Å². The number of hydrogen-bond donors (Lipinski definition) is 0. The first-order valence-electron chi connectivity index (χ1n) is 8.32. The van der Waals surface area contributed by atoms with Crippen LogP contribution in [0.5, 0.6) is 5.75 Å². The van der Waals surface area contributed by atoms with Crippen molar-refractivity contribution in [1.29, 1.82) is 0 Å². The molecule has 2 fully saturated rings. The van der Waals surface area contributed by atoms with E-state index >= 15 is 0 Å². The first-order chi connectivity index (χ1) is 11.1. The zero-order valence-corrected chi connectivity index (χ0v) is 14.2. The predicted molar refractivity (Wildman–Crippen MR) is 88.4 cm³/mol. The Bertz CT molecular complexity index is 544. The molecule has 5 heteroatoms. The van der Waals surface area contributed by atoms with Crippen LogP contribution in [-0.4, -0.2) is 61.7 Å². The molecule has 2 saturated heterocycles. The molecule has 1 amide bonds. The molecular formula is C18H26N2O3. The van der Waals surface area contributed by atoms with Crippen LogP contribution in [-0.2, 0) is 16.1 Å². The standard InChI is InChI=1S/C18H26N2O3/c1-19(2)18(21)17-9-8-15-16(23-17)10-11-20(15)12-13-4-6-14(22-3)7-5-13/h4-7,15-17H,8-12H2,1-3H3/t15-,16-,17-/m1/s1. The van der Waals surface area contributed by atoms with Crippen molar-refractivity contribution in [2.75, 3.05) is 27.7 Å². The number of rotatable bonds is 4. The lowest BCUT2D eigenvalue weighted by Gasteiger charge is -2.36. The van der Waals surface area contributed by atoms with Crippen molar-refractivity contribution in [3.63, 3.8) is 0 Å². The van der Waals surface area contributed by atoms with Crippen molar-refractivity contribution in [2.45, 2.75) is 44.1 Å². The number of ether oxygens (including phenoxy) is 2. The Morgan fingerprint density at radius 1 is 1.26 bits per heavy atom. The second-order valence-electron chi connectivity index (χ2n) is 6.65. The van der Waals surface area contributed by atoms with Gasteiger partial charge in [-0.25, -0.2) is 0 Å². The molecular weight excluding hydrogens is 292 g/mol. The van der Waals surface area contributed by atoms with Gasteiger partial charge in [0.25, 0.3) is 5.91 Å². The third-order valence-electron chi connectivity index (χ3n) is 4.92. The summed E-state index contributed by atoms with van der Waals surface area (Å²) < 4.78 is 11.3. The molecule has 0 saturated carbocycles. The second kappa shape index (κ2) is 6.89. The number of benzene rings is 1. The Labute approximate surface area is 138 Å². The Hall–Kier alpha value is -1.59. The van der Waals surface area contributed by atoms with E-state index in [0.29, 0.717) is 6.04 Å². The molecule has 5 nitrogen and oxygen atoms in total. The first kappa shape index (κ1) is 16.3. The molecule has 0 aliphatic carbocycles. The van der Waals surface area contributed by atoms with E-state index in [2.05, 4.69) is 17.0 Å². The van der Waals surface area contributed by atoms with E-state index < -0.39 is 0 Å². The van der Waals surface area contributed by atoms with E-state index in [1.54, 1.807) is 26.1 Å². The Balaban J connectivity index is 1.59. The summed E-state index contributed by atoms with van der Waals surface area (Å²) in [5.74, 6) is 0.983. The van der Waals surface area contributed by atoms with Gasteiger partial charge in [0, 0.05) is 33.2 Å². The van der Waals surface area contributed by atoms with Gasteiger partial charge in [-0.05, 0) is 37.0 Å². The van der Waals surface area contributed by atoms with Crippen molar-refractivity contribution < 1.29 is 14.3 Å². The van der Waals surface area contributed by atoms with E-state index in [9.17, 15) is 4.79 Å². The Kier molecular flexibility index (Phi) is 4.87. The second-order valence-corrected chi connectivity index (χ2v) is 6.65. The molecule has 3 rings (SSSR count). The topological polar surface area (TPSA) is 42.0 Å². The third-order valence-corrected chi connectivity index (χ3v) is 4.92. The summed E-state index contributed by atoms with van der Waals surface area (Å²) in [6.07, 6.45) is 2.79. The fourth-order valence-electron chi connectivity index (χ4n) is 3.65. The van der Waals surface area contributed by atoms with Gasteiger partial charge in [-0.3, -0.25) is 9.69 Å². The highest BCUT2D eigenvalue weighted by Crippen LogP contribution is 2.33. The van der Waals surface area contributed by atoms with Gasteiger partial charge in [-0.2, -0.15) is 0 Å². The van der Waals surface area contributed by atoms with Crippen molar-refractivity contribution in [2.24, 2.45) is 0 Å². The van der Waals surface area contributed by atoms with E-state index in [1.165, 1.54) is 5.56 Å². The van der Waals surface area contributed by atoms with E-state index in [1.807, 2.05) is 12.1 Å². The van der Waals surface area contributed by atoms with Crippen LogP contribution < -0.4 is 4.74 Å². The Morgan fingerprint density at radius 2 is 2.00 bits per heavy atom. The van der Waals surface area contributed by atoms with Crippen LogP contribution in [0.4, 0.5) is 0 Å². The van der Waals surface area contributed by atoms with Crippen molar-refractivity contribution in [3.05, 3.63) is 29.8 Å². The van der Waals surface area contributed by atoms with Gasteiger partial charge in [0.2, 0.25) is 0 Å². The number of fused-ring (bicyclic) bond motifs is 1. The molecule has 23 heavy (non-hydrogen) atoms. The van der Waals surface area contributed by atoms with Gasteiger partial charge in [-0.1, -0.05) is 12.1 Å². The van der Waals surface area contributed by atoms with Gasteiger partial charge in [0.15, 0.2) is 0 Å². The summed E-state index contributed by atoms with van der Waals surface area (Å²) in [5, 5.41) is 0. The summed E-state index contributed by atoms with van der Waals surface area (Å²) in [7, 11) is 5.27. The molecule has 2 aliphatic rings. The Morgan fingerprint density at radius 3 is 2.65 bits per heavy atom. The predicted octanol–water partition coefficient (Wildman–Crippen LogP) is 1.91. The van der Waals surface area contributed by atoms with Crippen molar-refractivity contribution >= 4 is 5.91 Å². The van der Waals surface area contributed by atoms with Crippen LogP contribution in [0.25, 0.3) is 0 Å². The van der Waals surface area contributed by atoms with Crippen LogP contribution in [0.2, 0.25) is 0 Å². The lowest BCUT2D eigenvalue weighted by molar-refractivity contribution is -0.152. The number of carbonyl (C=O) groups is 1. The maximum Gasteiger partial charge on any atom is 0.251 e. The summed E-state index contributed by atoms with van der Waals surface area (Å²) >= 11 is 0. The molecule has 2 aliphatic heterocycles. The normalized spacial score (nSPS) is 27.5. The first-order valence-corrected chi connectivity index (χ1v) is 8.32. The molecule has 1 aromatic carbocycles. The van der Waals surface area contributed by atoms with Crippen LogP contribution in [0, 0.1) is 0 Å². The largest absolute Gasteiger partial charge is 0.497 e. The summed E-state index contributed by atoms with van der Waals surface area (Å²) in [5.41, 5.74) is 1.29. The number of amides is 1. The quantitative estimate of drug-likeness (QED) is 0.850. The van der Waals surface area contributed by atoms with E-state index in [0.717, 1.165) is 38.1 Å². The number of carbonyl (C=O) groups excluding carboxylic acids is 1. The van der Waals surface area contributed by atoms with Gasteiger partial charge in [-0.15, -0.1) is 0 Å². The number of hydrogen-bond acceptors (Lipinski definition) is 4. The summed E-state index contributed by atoms with van der Waals surface area (Å²) in [6.45, 7) is 1.96. The molecule has 0 N–H and O–H groups in total. The molecule has 3 atom stereocenters. The molecule has 0 radical (unpaired) electrons. The number of methoxy groups -OCH3 is 1. The monoisotopic (exact) mass is 318 g/mol. The van der Waals surface area contributed by atoms with Crippen LogP contribution in [0.15, 0.2) is 24.3 Å². The summed E-state index contributed by atoms with van der Waals surface area (Å²) in [6, 6.07) is 8.68. The van der Waals surface area contributed by atoms with E-state index in [-0.39, 0.29) is 18.1 Å². The molecule has 0 aromatic heterocycles. The van der Waals surface area contributed by atoms with Crippen molar-refractivity contribution in [1.82, 2.24) is 9.80 Å². The van der Waals surface area contributed by atoms with Gasteiger partial charge < -0.3 is 14.4 Å². The fourth-order valence-corrected chi connectivity index (χ4v) is 3.65. The SMILES string of the molecule is COc1ccc(CN2CC[C@H]3O[C@@H](C(=O)N(C)C)CC[C@H]32)cc1. The van der Waals surface area contributed by atoms with E-state index in [4.69, 9.17) is 9.47 Å². The third kappa shape index (κ3) is 3.51. The average Bonchev–Trinajstić information content (AvgIpc) is 2.97. The van der Waals surface area contributed by atoms with Crippen molar-refractivity contribution in [3.8, 4) is 5.75 Å². The maximum absolute atomic E-state index is 12.1. The lowest BCUT2D eigenvalue weighted by Crippen LogP contribution is -2.47. The molecule has 126 valence electrons. The highest BCUT2D eigenvalue weighted by Gasteiger charge is 2.41. The molecule has 0 bridgehead atoms. The highest BCUT2D eigenvalue weighted by molar-refractivity contribution is 5.80. The van der Waals surface area contributed by atoms with Crippen LogP contribution in [0.3, 0.4) is 0 Å². The molecule has 2 heterocycles. The molecule has 0 unspecified atom stereocenters. The van der Waals surface area contributed by atoms with Crippen LogP contribution in [0.1, 0.15) is 24.8 Å². The van der Waals surface area contributed by atoms with Gasteiger partial charge in [0.1, 0.15) is 11.9 Å². The van der Waals surface area contributed by atoms with Gasteiger partial charge >= 0.3 is 0 Å². The zero-order valence-electron chi connectivity index (χ0n) is 14.2. The molecule has 1 aromatic rings. The minimum atomic E-state index is -0.257. The molecule has 0 spiro atoms. The summed E-state index contributed by atoms with van der Waals surface area (Å²) in [4.78, 5) is 16.2. The highest BCUT2D eigenvalue weighted by atomic mass is 16.5. The average molecular weight is 318 g/mol. The fraction of sp³-hybridized carbons (Fsp3) is 0.611. The van der Waals surface area contributed by atoms with Gasteiger partial charge in [0.05, 0.1) is 13.2 Å². The number of nitrogens with zero attached hydrogens (tertiary/aromatic N) is 2. The lowest BCUT2D eigenvalue weighted by atomic mass is 9.98. The minimum Gasteiger partial charge on any atom is -0.497 e. The number of likely N-dealkylation sites (tertiary alicyclic amines) is 1. The zero-order chi connectivity index (χ0) is 16.4.